The minimum absolute atomic E-state index is 0. The minimum Gasteiger partial charge on any atom is -0.412 e. The van der Waals surface area contributed by atoms with Crippen LogP contribution >= 0.6 is 12.4 Å². The lowest BCUT2D eigenvalue weighted by Gasteiger charge is -2.36. The molecule has 162 valence electrons. The number of hydrogen-bond acceptors (Lipinski definition) is 5. The third kappa shape index (κ3) is 4.94. The Bertz CT molecular complexity index is 672. The summed E-state index contributed by atoms with van der Waals surface area (Å²) < 4.78 is 0. The molecule has 3 aliphatic rings. The fraction of sp³-hybridized carbons (Fsp3) is 0.600. The van der Waals surface area contributed by atoms with E-state index in [0.29, 0.717) is 6.54 Å². The molecule has 0 aliphatic carbocycles. The first kappa shape index (κ1) is 23.3. The van der Waals surface area contributed by atoms with Crippen molar-refractivity contribution in [1.82, 2.24) is 14.7 Å². The van der Waals surface area contributed by atoms with Crippen molar-refractivity contribution in [2.75, 3.05) is 56.4 Å². The first-order chi connectivity index (χ1) is 13.1. The highest BCUT2D eigenvalue weighted by molar-refractivity contribution is 6.04. The van der Waals surface area contributed by atoms with Crippen LogP contribution in [0.15, 0.2) is 24.3 Å². The van der Waals surface area contributed by atoms with Gasteiger partial charge in [0.25, 0.3) is 5.91 Å². The number of halogens is 1. The molecular weight excluding hydrogens is 394 g/mol. The van der Waals surface area contributed by atoms with Crippen molar-refractivity contribution in [2.24, 2.45) is 0 Å². The van der Waals surface area contributed by atoms with Crippen molar-refractivity contribution in [3.05, 3.63) is 24.3 Å². The van der Waals surface area contributed by atoms with Crippen LogP contribution in [0.2, 0.25) is 0 Å². The maximum atomic E-state index is 12.3. The van der Waals surface area contributed by atoms with Crippen LogP contribution in [-0.4, -0.2) is 84.0 Å². The highest BCUT2D eigenvalue weighted by Gasteiger charge is 2.46. The Labute approximate surface area is 178 Å². The second kappa shape index (κ2) is 10.1. The summed E-state index contributed by atoms with van der Waals surface area (Å²) in [6.07, 6.45) is 3.69. The average Bonchev–Trinajstić information content (AvgIpc) is 3.25. The summed E-state index contributed by atoms with van der Waals surface area (Å²) in [6, 6.07) is 7.83. The number of hydrogen-bond donors (Lipinski definition) is 1. The largest absolute Gasteiger partial charge is 0.412 e. The quantitative estimate of drug-likeness (QED) is 0.419. The Morgan fingerprint density at radius 3 is 2.24 bits per heavy atom. The molecule has 3 aliphatic heterocycles. The van der Waals surface area contributed by atoms with E-state index in [1.54, 1.807) is 4.90 Å². The lowest BCUT2D eigenvalue weighted by Crippen LogP contribution is -2.46. The van der Waals surface area contributed by atoms with Crippen LogP contribution < -0.4 is 10.6 Å². The number of rotatable bonds is 6. The molecule has 4 N–H and O–H groups in total. The van der Waals surface area contributed by atoms with E-state index in [1.807, 2.05) is 12.1 Å². The zero-order valence-electron chi connectivity index (χ0n) is 16.8. The summed E-state index contributed by atoms with van der Waals surface area (Å²) in [5.74, 6) is 0.0228. The number of nitrogens with zero attached hydrogens (tertiary/aromatic N) is 4. The Hall–Kier alpha value is -2.03. The number of unbranched alkanes of at least 4 members (excludes halogenated alkanes) is 1. The van der Waals surface area contributed by atoms with Crippen LogP contribution in [0.4, 0.5) is 16.2 Å². The molecule has 3 fully saturated rings. The van der Waals surface area contributed by atoms with Crippen LogP contribution in [0.1, 0.15) is 25.7 Å². The second-order valence-corrected chi connectivity index (χ2v) is 7.75. The van der Waals surface area contributed by atoms with Crippen molar-refractivity contribution < 1.29 is 15.1 Å². The average molecular weight is 426 g/mol. The molecule has 3 amide bonds. The molecule has 0 aromatic heterocycles. The van der Waals surface area contributed by atoms with Crippen LogP contribution in [0, 0.1) is 0 Å². The van der Waals surface area contributed by atoms with E-state index in [1.165, 1.54) is 10.6 Å². The van der Waals surface area contributed by atoms with Gasteiger partial charge in [-0.1, -0.05) is 0 Å². The predicted octanol–water partition coefficient (Wildman–Crippen LogP) is 1.19. The first-order valence-electron chi connectivity index (χ1n) is 10.1. The molecule has 0 bridgehead atoms. The number of carbonyl (C=O) groups excluding carboxylic acids is 2. The summed E-state index contributed by atoms with van der Waals surface area (Å²) in [5, 5.41) is 0. The van der Waals surface area contributed by atoms with E-state index in [-0.39, 0.29) is 35.9 Å². The molecule has 1 atom stereocenters. The number of fused-ring (bicyclic) bond motifs is 1. The molecule has 1 unspecified atom stereocenters. The summed E-state index contributed by atoms with van der Waals surface area (Å²) in [7, 11) is 0. The molecule has 3 saturated heterocycles. The Morgan fingerprint density at radius 2 is 1.59 bits per heavy atom. The maximum absolute atomic E-state index is 12.3. The summed E-state index contributed by atoms with van der Waals surface area (Å²) in [6.45, 7) is 6.45. The van der Waals surface area contributed by atoms with Gasteiger partial charge in [0, 0.05) is 50.6 Å². The number of nitrogen functional groups attached to an aromatic ring is 1. The fourth-order valence-corrected chi connectivity index (χ4v) is 4.41. The normalized spacial score (nSPS) is 21.8. The fourth-order valence-electron chi connectivity index (χ4n) is 4.41. The van der Waals surface area contributed by atoms with Crippen molar-refractivity contribution in [3.63, 3.8) is 0 Å². The van der Waals surface area contributed by atoms with Gasteiger partial charge in [0.1, 0.15) is 6.04 Å². The predicted molar refractivity (Wildman–Crippen MR) is 116 cm³/mol. The SMILES string of the molecule is Cl.Nc1ccc(N2CCN(CCCCN3C(=O)C4CCCN4C3=O)CC2)cc1.O. The molecule has 4 rings (SSSR count). The summed E-state index contributed by atoms with van der Waals surface area (Å²) >= 11 is 0. The number of benzene rings is 1. The second-order valence-electron chi connectivity index (χ2n) is 7.75. The lowest BCUT2D eigenvalue weighted by atomic mass is 10.2. The van der Waals surface area contributed by atoms with Gasteiger partial charge in [-0.2, -0.15) is 0 Å². The first-order valence-corrected chi connectivity index (χ1v) is 10.1. The maximum Gasteiger partial charge on any atom is 0.327 e. The van der Waals surface area contributed by atoms with E-state index in [4.69, 9.17) is 5.73 Å². The van der Waals surface area contributed by atoms with Crippen molar-refractivity contribution in [2.45, 2.75) is 31.7 Å². The molecular formula is C20H32ClN5O3. The number of imide groups is 1. The molecule has 0 radical (unpaired) electrons. The monoisotopic (exact) mass is 425 g/mol. The number of urea groups is 1. The zero-order chi connectivity index (χ0) is 18.8. The van der Waals surface area contributed by atoms with Gasteiger partial charge < -0.3 is 21.0 Å². The number of amides is 3. The number of nitrogens with two attached hydrogens (primary N) is 1. The molecule has 1 aromatic rings. The van der Waals surface area contributed by atoms with Crippen LogP contribution in [-0.2, 0) is 4.79 Å². The Balaban J connectivity index is 0.00000150. The Morgan fingerprint density at radius 1 is 0.931 bits per heavy atom. The lowest BCUT2D eigenvalue weighted by molar-refractivity contribution is -0.128. The minimum atomic E-state index is -0.168. The van der Waals surface area contributed by atoms with Crippen LogP contribution in [0.3, 0.4) is 0 Å². The topological polar surface area (TPSA) is 105 Å². The number of carbonyl (C=O) groups is 2. The standard InChI is InChI=1S/C20H29N5O2.ClH.H2O/c21-16-5-7-17(8-6-16)23-14-12-22(13-15-23)9-1-2-10-25-19(26)18-4-3-11-24(18)20(25)27;;/h5-8,18H,1-4,9-15,21H2;1H;1H2. The van der Waals surface area contributed by atoms with Gasteiger partial charge in [0.05, 0.1) is 0 Å². The van der Waals surface area contributed by atoms with Gasteiger partial charge in [-0.3, -0.25) is 14.6 Å². The molecule has 9 heteroatoms. The highest BCUT2D eigenvalue weighted by atomic mass is 35.5. The zero-order valence-corrected chi connectivity index (χ0v) is 17.6. The van der Waals surface area contributed by atoms with Crippen LogP contribution in [0.5, 0.6) is 0 Å². The molecule has 0 spiro atoms. The third-order valence-corrected chi connectivity index (χ3v) is 6.02. The third-order valence-electron chi connectivity index (χ3n) is 6.02. The molecule has 3 heterocycles. The van der Waals surface area contributed by atoms with Gasteiger partial charge in [0.15, 0.2) is 0 Å². The molecule has 1 aromatic carbocycles. The molecule has 0 saturated carbocycles. The smallest absolute Gasteiger partial charge is 0.327 e. The Kier molecular flexibility index (Phi) is 8.13. The number of piperazine rings is 1. The van der Waals surface area contributed by atoms with Gasteiger partial charge in [-0.05, 0) is 56.5 Å². The summed E-state index contributed by atoms with van der Waals surface area (Å²) in [4.78, 5) is 32.7. The highest BCUT2D eigenvalue weighted by Crippen LogP contribution is 2.27. The van der Waals surface area contributed by atoms with Gasteiger partial charge >= 0.3 is 6.03 Å². The van der Waals surface area contributed by atoms with Gasteiger partial charge in [0.2, 0.25) is 0 Å². The van der Waals surface area contributed by atoms with E-state index in [2.05, 4.69) is 21.9 Å². The van der Waals surface area contributed by atoms with Crippen molar-refractivity contribution in [3.8, 4) is 0 Å². The molecule has 8 nitrogen and oxygen atoms in total. The van der Waals surface area contributed by atoms with E-state index < -0.39 is 0 Å². The summed E-state index contributed by atoms with van der Waals surface area (Å²) in [5.41, 5.74) is 7.79. The van der Waals surface area contributed by atoms with Crippen molar-refractivity contribution in [1.29, 1.82) is 0 Å². The number of anilines is 2. The van der Waals surface area contributed by atoms with E-state index in [9.17, 15) is 9.59 Å². The van der Waals surface area contributed by atoms with E-state index >= 15 is 0 Å². The van der Waals surface area contributed by atoms with Gasteiger partial charge in [-0.15, -0.1) is 12.4 Å². The van der Waals surface area contributed by atoms with Crippen LogP contribution in [0.25, 0.3) is 0 Å². The van der Waals surface area contributed by atoms with Crippen molar-refractivity contribution >= 4 is 35.7 Å². The molecule has 29 heavy (non-hydrogen) atoms. The van der Waals surface area contributed by atoms with E-state index in [0.717, 1.165) is 70.6 Å². The van der Waals surface area contributed by atoms with Gasteiger partial charge in [-0.25, -0.2) is 4.79 Å².